The Morgan fingerprint density at radius 3 is 2.41 bits per heavy atom. The number of amides is 2. The molecule has 1 N–H and O–H groups in total. The third-order valence-corrected chi connectivity index (χ3v) is 6.40. The Bertz CT molecular complexity index is 672. The molecule has 2 unspecified atom stereocenters. The third kappa shape index (κ3) is 2.97. The maximum Gasteiger partial charge on any atom is 0.322 e. The summed E-state index contributed by atoms with van der Waals surface area (Å²) in [4.78, 5) is 14.4. The van der Waals surface area contributed by atoms with E-state index in [1.54, 1.807) is 0 Å². The number of rotatable bonds is 2. The van der Waals surface area contributed by atoms with Crippen LogP contribution in [0.3, 0.4) is 0 Å². The molecule has 2 fully saturated rings. The van der Waals surface area contributed by atoms with Crippen molar-refractivity contribution in [1.82, 2.24) is 4.90 Å². The van der Waals surface area contributed by atoms with E-state index in [2.05, 4.69) is 5.32 Å². The van der Waals surface area contributed by atoms with E-state index >= 15 is 0 Å². The summed E-state index contributed by atoms with van der Waals surface area (Å²) in [7, 11) is -3.02. The van der Waals surface area contributed by atoms with Crippen molar-refractivity contribution >= 4 is 21.6 Å². The van der Waals surface area contributed by atoms with Gasteiger partial charge in [-0.05, 0) is 50.3 Å². The highest BCUT2D eigenvalue weighted by atomic mass is 32.2. The number of aryl methyl sites for hydroxylation is 1. The molecule has 6 heteroatoms. The van der Waals surface area contributed by atoms with Crippen LogP contribution in [0.5, 0.6) is 0 Å². The van der Waals surface area contributed by atoms with Crippen molar-refractivity contribution < 1.29 is 13.2 Å². The van der Waals surface area contributed by atoms with E-state index in [1.165, 1.54) is 6.26 Å². The minimum atomic E-state index is -3.02. The Morgan fingerprint density at radius 1 is 1.23 bits per heavy atom. The second-order valence-corrected chi connectivity index (χ2v) is 8.84. The molecule has 1 aromatic rings. The summed E-state index contributed by atoms with van der Waals surface area (Å²) in [6, 6.07) is 7.68. The highest BCUT2D eigenvalue weighted by Crippen LogP contribution is 2.38. The molecule has 2 amide bonds. The Kier molecular flexibility index (Phi) is 3.89. The average Bonchev–Trinajstić information content (AvgIpc) is 2.68. The van der Waals surface area contributed by atoms with E-state index < -0.39 is 9.84 Å². The first-order valence-corrected chi connectivity index (χ1v) is 9.65. The van der Waals surface area contributed by atoms with Crippen LogP contribution in [0.15, 0.2) is 24.3 Å². The van der Waals surface area contributed by atoms with Crippen LogP contribution in [0.4, 0.5) is 10.5 Å². The van der Waals surface area contributed by atoms with Gasteiger partial charge in [-0.2, -0.15) is 0 Å². The molecular weight excluding hydrogens is 300 g/mol. The Labute approximate surface area is 131 Å². The number of anilines is 1. The maximum absolute atomic E-state index is 12.6. The van der Waals surface area contributed by atoms with Gasteiger partial charge in [-0.1, -0.05) is 12.1 Å². The predicted octanol–water partition coefficient (Wildman–Crippen LogP) is 2.57. The zero-order valence-electron chi connectivity index (χ0n) is 13.0. The van der Waals surface area contributed by atoms with Gasteiger partial charge in [-0.25, -0.2) is 13.2 Å². The van der Waals surface area contributed by atoms with E-state index in [0.717, 1.165) is 24.1 Å². The van der Waals surface area contributed by atoms with E-state index in [4.69, 9.17) is 0 Å². The van der Waals surface area contributed by atoms with Gasteiger partial charge in [0.2, 0.25) is 0 Å². The van der Waals surface area contributed by atoms with Crippen LogP contribution in [0.1, 0.15) is 31.2 Å². The Balaban J connectivity index is 1.72. The predicted molar refractivity (Wildman–Crippen MR) is 86.7 cm³/mol. The first-order valence-electron chi connectivity index (χ1n) is 7.69. The van der Waals surface area contributed by atoms with E-state index in [9.17, 15) is 13.2 Å². The number of hydrogen-bond acceptors (Lipinski definition) is 3. The molecule has 120 valence electrons. The lowest BCUT2D eigenvalue weighted by Gasteiger charge is -2.38. The van der Waals surface area contributed by atoms with E-state index in [0.29, 0.717) is 12.8 Å². The summed E-state index contributed by atoms with van der Waals surface area (Å²) in [5, 5.41) is 2.65. The molecule has 0 radical (unpaired) electrons. The normalized spacial score (nSPS) is 27.7. The second-order valence-electron chi connectivity index (χ2n) is 6.51. The second kappa shape index (κ2) is 5.57. The fourth-order valence-electron chi connectivity index (χ4n) is 3.72. The zero-order valence-corrected chi connectivity index (χ0v) is 13.8. The van der Waals surface area contributed by atoms with Gasteiger partial charge in [-0.15, -0.1) is 0 Å². The number of urea groups is 1. The minimum Gasteiger partial charge on any atom is -0.318 e. The zero-order chi connectivity index (χ0) is 15.9. The fraction of sp³-hybridized carbons (Fsp3) is 0.562. The van der Waals surface area contributed by atoms with Crippen LogP contribution in [-0.4, -0.2) is 42.9 Å². The van der Waals surface area contributed by atoms with Crippen molar-refractivity contribution in [3.63, 3.8) is 0 Å². The van der Waals surface area contributed by atoms with E-state index in [1.807, 2.05) is 36.1 Å². The van der Waals surface area contributed by atoms with Gasteiger partial charge < -0.3 is 10.2 Å². The number of nitrogens with one attached hydrogen (secondary N) is 1. The van der Waals surface area contributed by atoms with Crippen LogP contribution in [-0.2, 0) is 9.84 Å². The van der Waals surface area contributed by atoms with E-state index in [-0.39, 0.29) is 23.4 Å². The lowest BCUT2D eigenvalue weighted by Crippen LogP contribution is -2.51. The number of carbonyl (C=O) groups excluding carboxylic acids is 1. The highest BCUT2D eigenvalue weighted by Gasteiger charge is 2.45. The number of hydrogen-bond donors (Lipinski definition) is 1. The van der Waals surface area contributed by atoms with Crippen LogP contribution < -0.4 is 5.32 Å². The van der Waals surface area contributed by atoms with Crippen LogP contribution >= 0.6 is 0 Å². The molecule has 2 atom stereocenters. The lowest BCUT2D eigenvalue weighted by atomic mass is 10.0. The molecule has 2 heterocycles. The lowest BCUT2D eigenvalue weighted by molar-refractivity contribution is 0.160. The van der Waals surface area contributed by atoms with Crippen molar-refractivity contribution in [3.05, 3.63) is 29.8 Å². The maximum atomic E-state index is 12.6. The number of nitrogens with zero attached hydrogens (tertiary/aromatic N) is 1. The summed E-state index contributed by atoms with van der Waals surface area (Å²) in [5.41, 5.74) is 1.88. The number of benzene rings is 1. The van der Waals surface area contributed by atoms with Gasteiger partial charge in [-0.3, -0.25) is 0 Å². The molecule has 5 nitrogen and oxygen atoms in total. The molecule has 2 bridgehead atoms. The molecular formula is C16H22N2O3S. The first-order chi connectivity index (χ1) is 10.3. The molecule has 0 saturated carbocycles. The summed E-state index contributed by atoms with van der Waals surface area (Å²) >= 11 is 0. The average molecular weight is 322 g/mol. The standard InChI is InChI=1S/C16H22N2O3S/c1-11-4-3-5-12(8-11)17-16(19)18-13-6-7-14(18)10-15(9-13)22(2,20)21/h3-5,8,13-15H,6-7,9-10H2,1-2H3,(H,17,19). The Morgan fingerprint density at radius 2 is 1.86 bits per heavy atom. The summed E-state index contributed by atoms with van der Waals surface area (Å²) in [5.74, 6) is 0. The minimum absolute atomic E-state index is 0.0447. The molecule has 0 aromatic heterocycles. The molecule has 2 aliphatic rings. The van der Waals surface area contributed by atoms with Crippen molar-refractivity contribution in [2.24, 2.45) is 0 Å². The Hall–Kier alpha value is -1.56. The molecule has 2 aliphatic heterocycles. The van der Waals surface area contributed by atoms with Crippen LogP contribution in [0.25, 0.3) is 0 Å². The fourth-order valence-corrected chi connectivity index (χ4v) is 4.86. The molecule has 1 aromatic carbocycles. The quantitative estimate of drug-likeness (QED) is 0.910. The van der Waals surface area contributed by atoms with Crippen molar-refractivity contribution in [2.75, 3.05) is 11.6 Å². The highest BCUT2D eigenvalue weighted by molar-refractivity contribution is 7.91. The van der Waals surface area contributed by atoms with Gasteiger partial charge in [0.25, 0.3) is 0 Å². The van der Waals surface area contributed by atoms with Gasteiger partial charge in [0.1, 0.15) is 9.84 Å². The molecule has 0 spiro atoms. The monoisotopic (exact) mass is 322 g/mol. The van der Waals surface area contributed by atoms with Crippen molar-refractivity contribution in [1.29, 1.82) is 0 Å². The number of sulfone groups is 1. The van der Waals surface area contributed by atoms with Gasteiger partial charge in [0.05, 0.1) is 5.25 Å². The molecule has 0 aliphatic carbocycles. The molecule has 2 saturated heterocycles. The third-order valence-electron chi connectivity index (χ3n) is 4.80. The SMILES string of the molecule is Cc1cccc(NC(=O)N2C3CCC2CC(S(C)(=O)=O)C3)c1. The first kappa shape index (κ1) is 15.3. The topological polar surface area (TPSA) is 66.5 Å². The van der Waals surface area contributed by atoms with Crippen LogP contribution in [0.2, 0.25) is 0 Å². The summed E-state index contributed by atoms with van der Waals surface area (Å²) in [6.07, 6.45) is 4.24. The largest absolute Gasteiger partial charge is 0.322 e. The molecule has 3 rings (SSSR count). The number of fused-ring (bicyclic) bond motifs is 2. The van der Waals surface area contributed by atoms with Gasteiger partial charge >= 0.3 is 6.03 Å². The van der Waals surface area contributed by atoms with Gasteiger partial charge in [0.15, 0.2) is 0 Å². The number of carbonyl (C=O) groups is 1. The van der Waals surface area contributed by atoms with Crippen molar-refractivity contribution in [2.45, 2.75) is 49.9 Å². The molecule has 22 heavy (non-hydrogen) atoms. The van der Waals surface area contributed by atoms with Gasteiger partial charge in [0, 0.05) is 24.0 Å². The summed E-state index contributed by atoms with van der Waals surface area (Å²) < 4.78 is 23.6. The van der Waals surface area contributed by atoms with Crippen LogP contribution in [0, 0.1) is 6.92 Å². The summed E-state index contributed by atoms with van der Waals surface area (Å²) in [6.45, 7) is 1.98. The smallest absolute Gasteiger partial charge is 0.318 e. The van der Waals surface area contributed by atoms with Crippen molar-refractivity contribution in [3.8, 4) is 0 Å². The number of piperidine rings is 1.